The molecule has 1 aliphatic carbocycles. The van der Waals surface area contributed by atoms with Gasteiger partial charge in [0.15, 0.2) is 11.5 Å². The molecule has 2 aromatic carbocycles. The zero-order valence-corrected chi connectivity index (χ0v) is 18.2. The number of rotatable bonds is 5. The molecular weight excluding hydrogens is 475 g/mol. The van der Waals surface area contributed by atoms with Gasteiger partial charge in [0.25, 0.3) is 0 Å². The van der Waals surface area contributed by atoms with Crippen molar-refractivity contribution >= 4 is 5.78 Å². The van der Waals surface area contributed by atoms with Crippen molar-refractivity contribution in [1.29, 1.82) is 5.26 Å². The van der Waals surface area contributed by atoms with E-state index < -0.39 is 47.4 Å². The monoisotopic (exact) mass is 492 g/mol. The molecule has 2 aromatic rings. The lowest BCUT2D eigenvalue weighted by Gasteiger charge is -2.31. The first-order chi connectivity index (χ1) is 16.7. The number of nitrogens with two attached hydrogens (primary N) is 1. The molecule has 1 heterocycles. The SMILES string of the molecule is COc1ccc([C@H]2C(C#N)=C(N)OC3=C2C(=O)CCC3)cc1COc1c(F)c(F)c(F)c(F)c1F. The summed E-state index contributed by atoms with van der Waals surface area (Å²) in [6.45, 7) is -0.653. The molecule has 1 atom stereocenters. The normalized spacial score (nSPS) is 17.6. The van der Waals surface area contributed by atoms with Gasteiger partial charge in [0.05, 0.1) is 13.0 Å². The van der Waals surface area contributed by atoms with Crippen LogP contribution in [0.5, 0.6) is 11.5 Å². The predicted octanol–water partition coefficient (Wildman–Crippen LogP) is 4.78. The molecule has 0 fully saturated rings. The van der Waals surface area contributed by atoms with E-state index in [4.69, 9.17) is 19.9 Å². The molecule has 0 radical (unpaired) electrons. The Labute approximate surface area is 196 Å². The third-order valence-corrected chi connectivity index (χ3v) is 5.78. The summed E-state index contributed by atoms with van der Waals surface area (Å²) >= 11 is 0. The molecule has 1 aliphatic heterocycles. The molecule has 0 saturated heterocycles. The van der Waals surface area contributed by atoms with E-state index in [0.29, 0.717) is 24.2 Å². The Bertz CT molecular complexity index is 1320. The van der Waals surface area contributed by atoms with Crippen LogP contribution in [0.3, 0.4) is 0 Å². The molecule has 11 heteroatoms. The summed E-state index contributed by atoms with van der Waals surface area (Å²) in [5.74, 6) is -13.0. The fourth-order valence-corrected chi connectivity index (χ4v) is 4.14. The van der Waals surface area contributed by atoms with Crippen LogP contribution in [0.2, 0.25) is 0 Å². The maximum Gasteiger partial charge on any atom is 0.207 e. The van der Waals surface area contributed by atoms with E-state index in [-0.39, 0.29) is 40.5 Å². The Morgan fingerprint density at radius 3 is 2.37 bits per heavy atom. The minimum absolute atomic E-state index is 0.00389. The second-order valence-corrected chi connectivity index (χ2v) is 7.80. The number of hydrogen-bond acceptors (Lipinski definition) is 6. The van der Waals surface area contributed by atoms with Crippen molar-refractivity contribution in [3.63, 3.8) is 0 Å². The first kappa shape index (κ1) is 24.1. The molecule has 0 bridgehead atoms. The Balaban J connectivity index is 1.76. The number of nitriles is 1. The second kappa shape index (κ2) is 9.29. The number of Topliss-reactive ketones (excluding diaryl/α,β-unsaturated/α-hetero) is 1. The summed E-state index contributed by atoms with van der Waals surface area (Å²) in [6, 6.07) is 6.42. The fraction of sp³-hybridized carbons (Fsp3) is 0.250. The Morgan fingerprint density at radius 1 is 1.09 bits per heavy atom. The minimum atomic E-state index is -2.30. The molecule has 0 aromatic heterocycles. The number of halogens is 5. The van der Waals surface area contributed by atoms with Gasteiger partial charge in [-0.05, 0) is 24.1 Å². The number of methoxy groups -OCH3 is 1. The van der Waals surface area contributed by atoms with Crippen molar-refractivity contribution < 1.29 is 41.0 Å². The molecule has 0 saturated carbocycles. The summed E-state index contributed by atoms with van der Waals surface area (Å²) in [6.07, 6.45) is 1.26. The lowest BCUT2D eigenvalue weighted by molar-refractivity contribution is -0.116. The zero-order valence-electron chi connectivity index (χ0n) is 18.2. The molecule has 6 nitrogen and oxygen atoms in total. The van der Waals surface area contributed by atoms with E-state index >= 15 is 0 Å². The van der Waals surface area contributed by atoms with Gasteiger partial charge in [0.2, 0.25) is 35.0 Å². The van der Waals surface area contributed by atoms with Crippen LogP contribution >= 0.6 is 0 Å². The van der Waals surface area contributed by atoms with Crippen LogP contribution in [0.25, 0.3) is 0 Å². The summed E-state index contributed by atoms with van der Waals surface area (Å²) < 4.78 is 84.2. The smallest absolute Gasteiger partial charge is 0.207 e. The number of benzene rings is 2. The molecule has 2 aliphatic rings. The summed E-state index contributed by atoms with van der Waals surface area (Å²) in [7, 11) is 1.30. The van der Waals surface area contributed by atoms with Crippen molar-refractivity contribution in [3.05, 3.63) is 81.2 Å². The highest BCUT2D eigenvalue weighted by Crippen LogP contribution is 2.44. The number of carbonyl (C=O) groups is 1. The number of nitrogens with zero attached hydrogens (tertiary/aromatic N) is 1. The van der Waals surface area contributed by atoms with Gasteiger partial charge in [-0.15, -0.1) is 0 Å². The lowest BCUT2D eigenvalue weighted by atomic mass is 9.77. The van der Waals surface area contributed by atoms with Gasteiger partial charge >= 0.3 is 0 Å². The van der Waals surface area contributed by atoms with E-state index in [1.54, 1.807) is 6.07 Å². The predicted molar refractivity (Wildman–Crippen MR) is 110 cm³/mol. The standard InChI is InChI=1S/C24H17F5N2O4/c1-33-14-6-5-10(16-12(8-30)24(31)35-15-4-2-3-13(32)17(15)16)7-11(14)9-34-23-21(28)19(26)18(25)20(27)22(23)29/h5-7,16H,2-4,9,31H2,1H3/t16-/m0/s1. The molecule has 0 unspecified atom stereocenters. The highest BCUT2D eigenvalue weighted by molar-refractivity contribution is 5.99. The van der Waals surface area contributed by atoms with Gasteiger partial charge in [-0.25, -0.2) is 13.2 Å². The van der Waals surface area contributed by atoms with Crippen LogP contribution in [-0.4, -0.2) is 12.9 Å². The van der Waals surface area contributed by atoms with Crippen LogP contribution < -0.4 is 15.2 Å². The van der Waals surface area contributed by atoms with Crippen molar-refractivity contribution in [1.82, 2.24) is 0 Å². The fourth-order valence-electron chi connectivity index (χ4n) is 4.14. The van der Waals surface area contributed by atoms with Crippen LogP contribution in [0.4, 0.5) is 22.0 Å². The van der Waals surface area contributed by atoms with Crippen LogP contribution in [-0.2, 0) is 16.1 Å². The number of carbonyl (C=O) groups excluding carboxylic acids is 1. The number of ketones is 1. The zero-order chi connectivity index (χ0) is 25.4. The Kier molecular flexibility index (Phi) is 6.39. The average molecular weight is 492 g/mol. The Morgan fingerprint density at radius 2 is 1.74 bits per heavy atom. The molecule has 182 valence electrons. The van der Waals surface area contributed by atoms with Gasteiger partial charge in [-0.3, -0.25) is 4.79 Å². The van der Waals surface area contributed by atoms with Crippen LogP contribution in [0, 0.1) is 40.4 Å². The van der Waals surface area contributed by atoms with Gasteiger partial charge in [-0.1, -0.05) is 6.07 Å². The quantitative estimate of drug-likeness (QED) is 0.367. The Hall–Kier alpha value is -4.07. The van der Waals surface area contributed by atoms with Crippen LogP contribution in [0.1, 0.15) is 36.3 Å². The third-order valence-electron chi connectivity index (χ3n) is 5.78. The van der Waals surface area contributed by atoms with E-state index in [1.165, 1.54) is 19.2 Å². The highest BCUT2D eigenvalue weighted by atomic mass is 19.2. The van der Waals surface area contributed by atoms with Crippen LogP contribution in [0.15, 0.2) is 41.0 Å². The lowest BCUT2D eigenvalue weighted by Crippen LogP contribution is -2.27. The van der Waals surface area contributed by atoms with Gasteiger partial charge in [0, 0.05) is 24.0 Å². The first-order valence-corrected chi connectivity index (χ1v) is 10.3. The minimum Gasteiger partial charge on any atom is -0.496 e. The first-order valence-electron chi connectivity index (χ1n) is 10.3. The van der Waals surface area contributed by atoms with E-state index in [1.807, 2.05) is 6.07 Å². The summed E-state index contributed by atoms with van der Waals surface area (Å²) in [5, 5.41) is 9.69. The molecule has 0 spiro atoms. The molecular formula is C24H17F5N2O4. The van der Waals surface area contributed by atoms with E-state index in [9.17, 15) is 32.0 Å². The molecule has 0 amide bonds. The highest BCUT2D eigenvalue weighted by Gasteiger charge is 2.38. The van der Waals surface area contributed by atoms with Crippen molar-refractivity contribution in [2.45, 2.75) is 31.8 Å². The molecule has 4 rings (SSSR count). The van der Waals surface area contributed by atoms with Crippen molar-refractivity contribution in [2.75, 3.05) is 7.11 Å². The molecule has 35 heavy (non-hydrogen) atoms. The van der Waals surface area contributed by atoms with Gasteiger partial charge in [-0.2, -0.15) is 14.0 Å². The second-order valence-electron chi connectivity index (χ2n) is 7.80. The number of ether oxygens (including phenoxy) is 3. The largest absolute Gasteiger partial charge is 0.496 e. The molecule has 2 N–H and O–H groups in total. The van der Waals surface area contributed by atoms with Crippen molar-refractivity contribution in [2.24, 2.45) is 5.73 Å². The maximum absolute atomic E-state index is 14.0. The van der Waals surface area contributed by atoms with E-state index in [0.717, 1.165) is 0 Å². The third kappa shape index (κ3) is 4.05. The summed E-state index contributed by atoms with van der Waals surface area (Å²) in [5.41, 5.74) is 6.75. The number of allylic oxidation sites excluding steroid dienone is 3. The summed E-state index contributed by atoms with van der Waals surface area (Å²) in [4.78, 5) is 12.7. The van der Waals surface area contributed by atoms with Crippen molar-refractivity contribution in [3.8, 4) is 17.6 Å². The average Bonchev–Trinajstić information content (AvgIpc) is 2.85. The topological polar surface area (TPSA) is 94.6 Å². The van der Waals surface area contributed by atoms with Gasteiger partial charge < -0.3 is 19.9 Å². The van der Waals surface area contributed by atoms with E-state index in [2.05, 4.69) is 0 Å². The van der Waals surface area contributed by atoms with Gasteiger partial charge in [0.1, 0.15) is 29.8 Å². The maximum atomic E-state index is 14.0. The number of hydrogen-bond donors (Lipinski definition) is 1.